The molecule has 0 spiro atoms. The van der Waals surface area contributed by atoms with Crippen LogP contribution in [0.1, 0.15) is 17.2 Å². The summed E-state index contributed by atoms with van der Waals surface area (Å²) >= 11 is 0. The average molecular weight is 266 g/mol. The fraction of sp³-hybridized carbons (Fsp3) is 0.125. The van der Waals surface area contributed by atoms with Gasteiger partial charge in [0.1, 0.15) is 11.8 Å². The third-order valence-electron chi connectivity index (χ3n) is 2.76. The zero-order chi connectivity index (χ0) is 14.4. The molecule has 0 bridgehead atoms. The summed E-state index contributed by atoms with van der Waals surface area (Å²) < 4.78 is 5.09. The molecule has 20 heavy (non-hydrogen) atoms. The lowest BCUT2D eigenvalue weighted by Crippen LogP contribution is -2.30. The van der Waals surface area contributed by atoms with E-state index in [9.17, 15) is 4.79 Å². The standard InChI is InChI=1S/C16H14N2O2/c1-12-7-9-13(10-8-12)15(11-17)18-16(19)20-14-5-3-2-4-6-14/h2-10,15H,1H3,(H,18,19). The molecule has 4 nitrogen and oxygen atoms in total. The Hall–Kier alpha value is -2.80. The van der Waals surface area contributed by atoms with Gasteiger partial charge in [0, 0.05) is 0 Å². The highest BCUT2D eigenvalue weighted by Crippen LogP contribution is 2.14. The summed E-state index contributed by atoms with van der Waals surface area (Å²) in [6.45, 7) is 1.96. The Morgan fingerprint density at radius 1 is 1.15 bits per heavy atom. The summed E-state index contributed by atoms with van der Waals surface area (Å²) in [7, 11) is 0. The van der Waals surface area contributed by atoms with Crippen LogP contribution in [0, 0.1) is 18.3 Å². The number of para-hydroxylation sites is 1. The summed E-state index contributed by atoms with van der Waals surface area (Å²) in [6.07, 6.45) is -0.650. The van der Waals surface area contributed by atoms with Crippen LogP contribution < -0.4 is 10.1 Å². The second kappa shape index (κ2) is 6.39. The summed E-state index contributed by atoms with van der Waals surface area (Å²) in [4.78, 5) is 11.7. The molecule has 2 aromatic rings. The van der Waals surface area contributed by atoms with E-state index < -0.39 is 12.1 Å². The number of nitrogens with zero attached hydrogens (tertiary/aromatic N) is 1. The Kier molecular flexibility index (Phi) is 4.35. The van der Waals surface area contributed by atoms with Gasteiger partial charge in [-0.1, -0.05) is 48.0 Å². The number of aryl methyl sites for hydroxylation is 1. The number of carbonyl (C=O) groups is 1. The van der Waals surface area contributed by atoms with Gasteiger partial charge in [0.05, 0.1) is 6.07 Å². The van der Waals surface area contributed by atoms with Gasteiger partial charge in [0.25, 0.3) is 0 Å². The van der Waals surface area contributed by atoms with Gasteiger partial charge in [0.15, 0.2) is 0 Å². The van der Waals surface area contributed by atoms with E-state index in [4.69, 9.17) is 10.00 Å². The predicted molar refractivity (Wildman–Crippen MR) is 75.1 cm³/mol. The van der Waals surface area contributed by atoms with E-state index in [1.165, 1.54) is 0 Å². The first-order chi connectivity index (χ1) is 9.69. The molecule has 1 unspecified atom stereocenters. The highest BCUT2D eigenvalue weighted by Gasteiger charge is 2.14. The summed E-state index contributed by atoms with van der Waals surface area (Å²) in [6, 6.07) is 17.4. The third-order valence-corrected chi connectivity index (χ3v) is 2.76. The number of nitrogens with one attached hydrogen (secondary N) is 1. The van der Waals surface area contributed by atoms with Gasteiger partial charge < -0.3 is 10.1 Å². The van der Waals surface area contributed by atoms with Gasteiger partial charge >= 0.3 is 6.09 Å². The molecule has 2 aromatic carbocycles. The predicted octanol–water partition coefficient (Wildman–Crippen LogP) is 3.35. The van der Waals surface area contributed by atoms with Gasteiger partial charge in [0.2, 0.25) is 0 Å². The molecular weight excluding hydrogens is 252 g/mol. The van der Waals surface area contributed by atoms with E-state index in [-0.39, 0.29) is 0 Å². The van der Waals surface area contributed by atoms with Gasteiger partial charge in [-0.05, 0) is 24.6 Å². The number of amides is 1. The van der Waals surface area contributed by atoms with E-state index in [1.54, 1.807) is 24.3 Å². The molecule has 1 N–H and O–H groups in total. The number of hydrogen-bond acceptors (Lipinski definition) is 3. The van der Waals surface area contributed by atoms with E-state index in [0.29, 0.717) is 5.75 Å². The maximum atomic E-state index is 11.7. The van der Waals surface area contributed by atoms with Crippen molar-refractivity contribution in [3.8, 4) is 11.8 Å². The van der Waals surface area contributed by atoms with Crippen LogP contribution in [-0.4, -0.2) is 6.09 Å². The molecule has 1 amide bonds. The highest BCUT2D eigenvalue weighted by molar-refractivity contribution is 5.71. The maximum absolute atomic E-state index is 11.7. The molecule has 0 aliphatic carbocycles. The van der Waals surface area contributed by atoms with Crippen molar-refractivity contribution in [2.45, 2.75) is 13.0 Å². The lowest BCUT2D eigenvalue weighted by atomic mass is 10.1. The van der Waals surface area contributed by atoms with Crippen molar-refractivity contribution in [3.05, 3.63) is 65.7 Å². The van der Waals surface area contributed by atoms with Crippen molar-refractivity contribution in [3.63, 3.8) is 0 Å². The van der Waals surface area contributed by atoms with Crippen LogP contribution in [0.25, 0.3) is 0 Å². The van der Waals surface area contributed by atoms with Crippen LogP contribution in [-0.2, 0) is 0 Å². The van der Waals surface area contributed by atoms with Crippen LogP contribution in [0.3, 0.4) is 0 Å². The maximum Gasteiger partial charge on any atom is 0.413 e. The van der Waals surface area contributed by atoms with E-state index >= 15 is 0 Å². The van der Waals surface area contributed by atoms with Gasteiger partial charge in [-0.2, -0.15) is 5.26 Å². The minimum atomic E-state index is -0.730. The second-order valence-electron chi connectivity index (χ2n) is 4.32. The van der Waals surface area contributed by atoms with Gasteiger partial charge in [-0.25, -0.2) is 4.79 Å². The molecular formula is C16H14N2O2. The largest absolute Gasteiger partial charge is 0.413 e. The van der Waals surface area contributed by atoms with Crippen molar-refractivity contribution in [2.24, 2.45) is 0 Å². The molecule has 0 saturated carbocycles. The molecule has 0 aromatic heterocycles. The molecule has 0 aliphatic heterocycles. The van der Waals surface area contributed by atoms with Crippen molar-refractivity contribution < 1.29 is 9.53 Å². The first-order valence-electron chi connectivity index (χ1n) is 6.18. The number of nitriles is 1. The molecule has 2 rings (SSSR count). The topological polar surface area (TPSA) is 62.1 Å². The fourth-order valence-electron chi connectivity index (χ4n) is 1.69. The molecule has 4 heteroatoms. The Morgan fingerprint density at radius 2 is 1.80 bits per heavy atom. The third kappa shape index (κ3) is 3.59. The molecule has 0 saturated heterocycles. The monoisotopic (exact) mass is 266 g/mol. The summed E-state index contributed by atoms with van der Waals surface area (Å²) in [5.74, 6) is 0.436. The quantitative estimate of drug-likeness (QED) is 0.926. The molecule has 0 heterocycles. The second-order valence-corrected chi connectivity index (χ2v) is 4.32. The zero-order valence-electron chi connectivity index (χ0n) is 11.0. The number of ether oxygens (including phenoxy) is 1. The molecule has 0 radical (unpaired) electrons. The van der Waals surface area contributed by atoms with Crippen molar-refractivity contribution >= 4 is 6.09 Å². The summed E-state index contributed by atoms with van der Waals surface area (Å²) in [5.41, 5.74) is 1.82. The smallest absolute Gasteiger partial charge is 0.410 e. The number of rotatable bonds is 3. The number of benzene rings is 2. The van der Waals surface area contributed by atoms with Crippen LogP contribution in [0.2, 0.25) is 0 Å². The van der Waals surface area contributed by atoms with Crippen LogP contribution in [0.5, 0.6) is 5.75 Å². The first kappa shape index (κ1) is 13.6. The van der Waals surface area contributed by atoms with Crippen molar-refractivity contribution in [1.29, 1.82) is 5.26 Å². The van der Waals surface area contributed by atoms with Gasteiger partial charge in [-0.3, -0.25) is 0 Å². The minimum Gasteiger partial charge on any atom is -0.410 e. The first-order valence-corrected chi connectivity index (χ1v) is 6.18. The Bertz CT molecular complexity index is 615. The van der Waals surface area contributed by atoms with E-state index in [1.807, 2.05) is 43.3 Å². The summed E-state index contributed by atoms with van der Waals surface area (Å²) in [5, 5.41) is 11.7. The van der Waals surface area contributed by atoms with Gasteiger partial charge in [-0.15, -0.1) is 0 Å². The Labute approximate surface area is 117 Å². The molecule has 0 aliphatic rings. The fourth-order valence-corrected chi connectivity index (χ4v) is 1.69. The van der Waals surface area contributed by atoms with E-state index in [2.05, 4.69) is 5.32 Å². The molecule has 1 atom stereocenters. The lowest BCUT2D eigenvalue weighted by Gasteiger charge is -2.12. The van der Waals surface area contributed by atoms with Crippen LogP contribution in [0.15, 0.2) is 54.6 Å². The van der Waals surface area contributed by atoms with Crippen LogP contribution >= 0.6 is 0 Å². The average Bonchev–Trinajstić information content (AvgIpc) is 2.47. The minimum absolute atomic E-state index is 0.436. The molecule has 0 fully saturated rings. The van der Waals surface area contributed by atoms with Crippen LogP contribution in [0.4, 0.5) is 4.79 Å². The normalized spacial score (nSPS) is 11.2. The molecule has 100 valence electrons. The number of carbonyl (C=O) groups excluding carboxylic acids is 1. The van der Waals surface area contributed by atoms with Crippen molar-refractivity contribution in [1.82, 2.24) is 5.32 Å². The SMILES string of the molecule is Cc1ccc(C(C#N)NC(=O)Oc2ccccc2)cc1. The zero-order valence-corrected chi connectivity index (χ0v) is 11.0. The lowest BCUT2D eigenvalue weighted by molar-refractivity contribution is 0.198. The highest BCUT2D eigenvalue weighted by atomic mass is 16.6. The van der Waals surface area contributed by atoms with Crippen molar-refractivity contribution in [2.75, 3.05) is 0 Å². The van der Waals surface area contributed by atoms with E-state index in [0.717, 1.165) is 11.1 Å². The Morgan fingerprint density at radius 3 is 2.40 bits per heavy atom. The number of hydrogen-bond donors (Lipinski definition) is 1. The Balaban J connectivity index is 2.02.